The Kier molecular flexibility index (Phi) is 5.55. The molecule has 0 aromatic carbocycles. The van der Waals surface area contributed by atoms with Crippen molar-refractivity contribution < 1.29 is 14.1 Å². The molecular weight excluding hydrogens is 288 g/mol. The van der Waals surface area contributed by atoms with E-state index in [1.54, 1.807) is 25.6 Å². The normalized spacial score (nSPS) is 14.6. The Labute approximate surface area is 120 Å². The number of carboxylic acids is 1. The van der Waals surface area contributed by atoms with E-state index in [1.807, 2.05) is 6.92 Å². The van der Waals surface area contributed by atoms with Crippen LogP contribution in [0.25, 0.3) is 0 Å². The molecule has 0 saturated heterocycles. The number of carbonyl (C=O) groups is 1. The number of nitrogens with zero attached hydrogens (tertiary/aromatic N) is 2. The fourth-order valence-corrected chi connectivity index (χ4v) is 3.95. The van der Waals surface area contributed by atoms with Crippen molar-refractivity contribution in [3.63, 3.8) is 0 Å². The minimum absolute atomic E-state index is 0.109. The van der Waals surface area contributed by atoms with Gasteiger partial charge < -0.3 is 5.11 Å². The van der Waals surface area contributed by atoms with Gasteiger partial charge in [-0.1, -0.05) is 32.4 Å². The summed E-state index contributed by atoms with van der Waals surface area (Å²) in [6, 6.07) is 0. The maximum Gasteiger partial charge on any atom is 0.319 e. The molecule has 2 unspecified atom stereocenters. The summed E-state index contributed by atoms with van der Waals surface area (Å²) in [6.07, 6.45) is 0.686. The third kappa shape index (κ3) is 3.57. The van der Waals surface area contributed by atoms with Gasteiger partial charge >= 0.3 is 5.97 Å². The first-order valence-electron chi connectivity index (χ1n) is 6.09. The molecule has 0 bridgehead atoms. The van der Waals surface area contributed by atoms with Gasteiger partial charge in [0.15, 0.2) is 0 Å². The molecule has 5 nitrogen and oxygen atoms in total. The molecule has 0 aliphatic carbocycles. The van der Waals surface area contributed by atoms with Crippen molar-refractivity contribution in [2.24, 2.45) is 13.0 Å². The second-order valence-corrected chi connectivity index (χ2v) is 6.65. The highest BCUT2D eigenvalue weighted by molar-refractivity contribution is 7.85. The summed E-state index contributed by atoms with van der Waals surface area (Å²) in [5, 5.41) is 13.0. The number of aromatic nitrogens is 2. The molecule has 1 rings (SSSR count). The smallest absolute Gasteiger partial charge is 0.319 e. The largest absolute Gasteiger partial charge is 0.480 e. The molecule has 108 valence electrons. The number of halogens is 1. The Balaban J connectivity index is 2.99. The molecule has 1 aromatic rings. The molecule has 1 aromatic heterocycles. The Hall–Kier alpha value is -0.880. The van der Waals surface area contributed by atoms with E-state index in [0.717, 1.165) is 5.69 Å². The first kappa shape index (κ1) is 16.2. The lowest BCUT2D eigenvalue weighted by atomic mass is 10.1. The lowest BCUT2D eigenvalue weighted by Gasteiger charge is -2.15. The average molecular weight is 307 g/mol. The van der Waals surface area contributed by atoms with Gasteiger partial charge in [-0.25, -0.2) is 0 Å². The maximum atomic E-state index is 12.2. The molecule has 1 N–H and O–H groups in total. The number of carboxylic acid groups (broad SMARTS) is 1. The predicted molar refractivity (Wildman–Crippen MR) is 75.7 cm³/mol. The first-order valence-corrected chi connectivity index (χ1v) is 7.85. The number of aryl methyl sites for hydroxylation is 2. The topological polar surface area (TPSA) is 72.2 Å². The van der Waals surface area contributed by atoms with Gasteiger partial charge in [-0.2, -0.15) is 5.10 Å². The summed E-state index contributed by atoms with van der Waals surface area (Å²) in [7, 11) is 0.202. The number of hydrogen-bond donors (Lipinski definition) is 1. The van der Waals surface area contributed by atoms with Crippen LogP contribution in [0.4, 0.5) is 0 Å². The van der Waals surface area contributed by atoms with E-state index in [0.29, 0.717) is 17.1 Å². The van der Waals surface area contributed by atoms with Gasteiger partial charge in [0.1, 0.15) is 5.25 Å². The fraction of sp³-hybridized carbons (Fsp3) is 0.667. The summed E-state index contributed by atoms with van der Waals surface area (Å²) in [6.45, 7) is 5.43. The molecule has 0 aliphatic rings. The zero-order valence-electron chi connectivity index (χ0n) is 11.5. The highest BCUT2D eigenvalue weighted by Gasteiger charge is 2.29. The third-order valence-corrected chi connectivity index (χ3v) is 5.22. The van der Waals surface area contributed by atoms with Gasteiger partial charge in [-0.15, -0.1) is 0 Å². The zero-order chi connectivity index (χ0) is 14.7. The van der Waals surface area contributed by atoms with Crippen molar-refractivity contribution >= 4 is 28.4 Å². The maximum absolute atomic E-state index is 12.2. The van der Waals surface area contributed by atoms with Crippen LogP contribution in [-0.2, 0) is 34.8 Å². The van der Waals surface area contributed by atoms with Crippen LogP contribution >= 0.6 is 11.6 Å². The molecule has 19 heavy (non-hydrogen) atoms. The fourth-order valence-electron chi connectivity index (χ4n) is 1.90. The molecule has 0 aliphatic heterocycles. The summed E-state index contributed by atoms with van der Waals surface area (Å²) >= 11 is 6.17. The predicted octanol–water partition coefficient (Wildman–Crippen LogP) is 1.99. The molecule has 0 saturated carbocycles. The second-order valence-electron chi connectivity index (χ2n) is 4.71. The average Bonchev–Trinajstić information content (AvgIpc) is 2.55. The number of rotatable bonds is 6. The lowest BCUT2D eigenvalue weighted by molar-refractivity contribution is -0.137. The summed E-state index contributed by atoms with van der Waals surface area (Å²) < 4.78 is 13.8. The quantitative estimate of drug-likeness (QED) is 0.872. The van der Waals surface area contributed by atoms with E-state index >= 15 is 0 Å². The van der Waals surface area contributed by atoms with Gasteiger partial charge in [0.25, 0.3) is 0 Å². The van der Waals surface area contributed by atoms with Crippen LogP contribution in [0, 0.1) is 5.92 Å². The summed E-state index contributed by atoms with van der Waals surface area (Å²) in [4.78, 5) is 11.2. The Morgan fingerprint density at radius 3 is 2.47 bits per heavy atom. The minimum Gasteiger partial charge on any atom is -0.480 e. The molecular formula is C12H19ClN2O3S. The molecule has 2 atom stereocenters. The van der Waals surface area contributed by atoms with Crippen LogP contribution in [0.3, 0.4) is 0 Å². The molecule has 0 radical (unpaired) electrons. The third-order valence-electron chi connectivity index (χ3n) is 2.91. The zero-order valence-corrected chi connectivity index (χ0v) is 13.1. The van der Waals surface area contributed by atoms with Crippen molar-refractivity contribution in [1.29, 1.82) is 0 Å². The Bertz CT molecular complexity index is 499. The van der Waals surface area contributed by atoms with Crippen LogP contribution in [0.15, 0.2) is 0 Å². The monoisotopic (exact) mass is 306 g/mol. The van der Waals surface area contributed by atoms with Gasteiger partial charge in [0.05, 0.1) is 22.2 Å². The highest BCUT2D eigenvalue weighted by Crippen LogP contribution is 2.24. The van der Waals surface area contributed by atoms with E-state index in [9.17, 15) is 9.00 Å². The van der Waals surface area contributed by atoms with Gasteiger partial charge in [-0.05, 0) is 12.3 Å². The number of aliphatic carboxylic acids is 1. The standard InChI is InChI=1S/C12H19ClN2O3S/c1-5-8-10(13)9(15(4)14-8)6-19(18)11(7(2)3)12(16)17/h7,11H,5-6H2,1-4H3,(H,16,17). The van der Waals surface area contributed by atoms with Crippen LogP contribution in [0.1, 0.15) is 32.2 Å². The molecule has 0 amide bonds. The first-order chi connectivity index (χ1) is 8.79. The Morgan fingerprint density at radius 2 is 2.11 bits per heavy atom. The van der Waals surface area contributed by atoms with Gasteiger partial charge in [0, 0.05) is 17.8 Å². The van der Waals surface area contributed by atoms with E-state index in [1.165, 1.54) is 0 Å². The van der Waals surface area contributed by atoms with Gasteiger partial charge in [-0.3, -0.25) is 13.7 Å². The van der Waals surface area contributed by atoms with E-state index in [-0.39, 0.29) is 11.7 Å². The van der Waals surface area contributed by atoms with Crippen molar-refractivity contribution in [3.8, 4) is 0 Å². The highest BCUT2D eigenvalue weighted by atomic mass is 35.5. The number of hydrogen-bond acceptors (Lipinski definition) is 3. The summed E-state index contributed by atoms with van der Waals surface area (Å²) in [5.41, 5.74) is 1.37. The molecule has 0 spiro atoms. The van der Waals surface area contributed by atoms with Crippen LogP contribution in [-0.4, -0.2) is 30.3 Å². The Morgan fingerprint density at radius 1 is 1.53 bits per heavy atom. The van der Waals surface area contributed by atoms with Crippen LogP contribution in [0.5, 0.6) is 0 Å². The lowest BCUT2D eigenvalue weighted by Crippen LogP contribution is -2.32. The molecule has 7 heteroatoms. The molecule has 0 fully saturated rings. The van der Waals surface area contributed by atoms with Crippen molar-refractivity contribution in [2.45, 2.75) is 38.2 Å². The van der Waals surface area contributed by atoms with E-state index in [2.05, 4.69) is 5.10 Å². The van der Waals surface area contributed by atoms with Crippen LogP contribution in [0.2, 0.25) is 5.02 Å². The second kappa shape index (κ2) is 6.52. The van der Waals surface area contributed by atoms with Crippen molar-refractivity contribution in [3.05, 3.63) is 16.4 Å². The van der Waals surface area contributed by atoms with E-state index in [4.69, 9.17) is 16.7 Å². The SMILES string of the molecule is CCc1nn(C)c(CS(=O)C(C(=O)O)C(C)C)c1Cl. The molecule has 1 heterocycles. The summed E-state index contributed by atoms with van der Waals surface area (Å²) in [5.74, 6) is -1.13. The van der Waals surface area contributed by atoms with E-state index < -0.39 is 22.0 Å². The van der Waals surface area contributed by atoms with Crippen LogP contribution < -0.4 is 0 Å². The van der Waals surface area contributed by atoms with Crippen molar-refractivity contribution in [1.82, 2.24) is 9.78 Å². The van der Waals surface area contributed by atoms with Crippen molar-refractivity contribution in [2.75, 3.05) is 0 Å². The van der Waals surface area contributed by atoms with Gasteiger partial charge in [0.2, 0.25) is 0 Å². The minimum atomic E-state index is -1.52.